The second kappa shape index (κ2) is 3.16. The first kappa shape index (κ1) is 10.9. The van der Waals surface area contributed by atoms with Gasteiger partial charge in [0.1, 0.15) is 9.93 Å². The Morgan fingerprint density at radius 2 is 1.75 bits per heavy atom. The van der Waals surface area contributed by atoms with Crippen LogP contribution in [-0.4, -0.2) is 15.0 Å². The van der Waals surface area contributed by atoms with Crippen LogP contribution in [0, 0.1) is 27.9 Å². The minimum absolute atomic E-state index is 0.155. The molecule has 4 fully saturated rings. The molecule has 4 aliphatic carbocycles. The molecule has 4 aliphatic rings. The van der Waals surface area contributed by atoms with E-state index < -0.39 is 15.0 Å². The Morgan fingerprint density at radius 1 is 1.19 bits per heavy atom. The van der Waals surface area contributed by atoms with Crippen molar-refractivity contribution >= 4 is 23.2 Å². The number of halogens is 2. The van der Waals surface area contributed by atoms with Crippen molar-refractivity contribution in [3.63, 3.8) is 0 Å². The lowest BCUT2D eigenvalue weighted by Gasteiger charge is -2.59. The van der Waals surface area contributed by atoms with Gasteiger partial charge in [-0.2, -0.15) is 0 Å². The standard InChI is InChI=1S/C10H13Cl2NO3/c11-10(12)7-1-6-2-8(10)5-9(3-6,4-7)16-13(14)15/h6-8H,1-5H2/t6?,7-,8+,9?. The lowest BCUT2D eigenvalue weighted by Crippen LogP contribution is -2.60. The Balaban J connectivity index is 1.89. The number of hydrogen-bond donors (Lipinski definition) is 0. The Labute approximate surface area is 103 Å². The molecule has 0 aromatic rings. The van der Waals surface area contributed by atoms with E-state index in [1.54, 1.807) is 0 Å². The van der Waals surface area contributed by atoms with Crippen LogP contribution in [0.3, 0.4) is 0 Å². The van der Waals surface area contributed by atoms with Gasteiger partial charge in [0, 0.05) is 0 Å². The summed E-state index contributed by atoms with van der Waals surface area (Å²) >= 11 is 12.7. The zero-order chi connectivity index (χ0) is 11.6. The van der Waals surface area contributed by atoms with E-state index in [1.165, 1.54) is 0 Å². The molecule has 16 heavy (non-hydrogen) atoms. The van der Waals surface area contributed by atoms with Crippen molar-refractivity contribution in [1.82, 2.24) is 0 Å². The quantitative estimate of drug-likeness (QED) is 0.438. The van der Waals surface area contributed by atoms with Crippen molar-refractivity contribution in [3.8, 4) is 0 Å². The molecule has 0 aliphatic heterocycles. The maximum Gasteiger partial charge on any atom is 0.295 e. The first-order chi connectivity index (χ1) is 7.41. The van der Waals surface area contributed by atoms with E-state index in [0.29, 0.717) is 18.8 Å². The normalized spacial score (nSPS) is 48.0. The van der Waals surface area contributed by atoms with Gasteiger partial charge in [-0.3, -0.25) is 0 Å². The maximum absolute atomic E-state index is 10.6. The van der Waals surface area contributed by atoms with Crippen molar-refractivity contribution in [3.05, 3.63) is 10.1 Å². The third kappa shape index (κ3) is 1.42. The van der Waals surface area contributed by atoms with Gasteiger partial charge in [-0.15, -0.1) is 33.3 Å². The van der Waals surface area contributed by atoms with Crippen LogP contribution in [0.5, 0.6) is 0 Å². The Kier molecular flexibility index (Phi) is 2.16. The third-order valence-corrected chi connectivity index (χ3v) is 5.72. The molecule has 4 atom stereocenters. The van der Waals surface area contributed by atoms with Gasteiger partial charge >= 0.3 is 0 Å². The molecule has 4 bridgehead atoms. The molecule has 0 aromatic carbocycles. The van der Waals surface area contributed by atoms with Crippen LogP contribution < -0.4 is 0 Å². The van der Waals surface area contributed by atoms with Crippen LogP contribution in [0.15, 0.2) is 0 Å². The molecule has 0 radical (unpaired) electrons. The summed E-state index contributed by atoms with van der Waals surface area (Å²) in [6.45, 7) is 0. The Hall–Kier alpha value is -0.220. The number of alkyl halides is 2. The summed E-state index contributed by atoms with van der Waals surface area (Å²) in [5.74, 6) is 0.812. The average Bonchev–Trinajstić information content (AvgIpc) is 2.11. The fourth-order valence-corrected chi connectivity index (χ4v) is 4.76. The zero-order valence-corrected chi connectivity index (χ0v) is 10.2. The average molecular weight is 266 g/mol. The fourth-order valence-electron chi connectivity index (χ4n) is 4.10. The molecule has 0 spiro atoms. The summed E-state index contributed by atoms with van der Waals surface area (Å²) in [6, 6.07) is 0. The minimum Gasteiger partial charge on any atom is -0.307 e. The van der Waals surface area contributed by atoms with E-state index in [-0.39, 0.29) is 11.8 Å². The summed E-state index contributed by atoms with van der Waals surface area (Å²) in [7, 11) is 0. The van der Waals surface area contributed by atoms with Crippen molar-refractivity contribution < 1.29 is 9.92 Å². The van der Waals surface area contributed by atoms with E-state index in [0.717, 1.165) is 19.3 Å². The van der Waals surface area contributed by atoms with Gasteiger partial charge in [0.2, 0.25) is 0 Å². The van der Waals surface area contributed by atoms with E-state index in [2.05, 4.69) is 0 Å². The molecular formula is C10H13Cl2NO3. The molecule has 90 valence electrons. The molecule has 0 saturated heterocycles. The van der Waals surface area contributed by atoms with Crippen LogP contribution in [-0.2, 0) is 4.84 Å². The van der Waals surface area contributed by atoms with Gasteiger partial charge in [-0.05, 0) is 49.9 Å². The summed E-state index contributed by atoms with van der Waals surface area (Å²) in [5.41, 5.74) is -0.590. The highest BCUT2D eigenvalue weighted by atomic mass is 35.5. The zero-order valence-electron chi connectivity index (χ0n) is 8.70. The van der Waals surface area contributed by atoms with Gasteiger partial charge in [-0.25, -0.2) is 0 Å². The number of nitrogens with zero attached hydrogens (tertiary/aromatic N) is 1. The molecule has 4 nitrogen and oxygen atoms in total. The SMILES string of the molecule is O=[N+]([O-])OC12CC3C[C@H](C1)C(Cl)(Cl)[C@@H](C3)C2. The second-order valence-corrected chi connectivity index (χ2v) is 6.96. The van der Waals surface area contributed by atoms with Crippen molar-refractivity contribution in [2.24, 2.45) is 17.8 Å². The fraction of sp³-hybridized carbons (Fsp3) is 1.00. The van der Waals surface area contributed by atoms with Crippen LogP contribution >= 0.6 is 23.2 Å². The van der Waals surface area contributed by atoms with E-state index in [9.17, 15) is 10.1 Å². The highest BCUT2D eigenvalue weighted by Crippen LogP contribution is 2.64. The number of rotatable bonds is 2. The predicted octanol–water partition coefficient (Wildman–Crippen LogP) is 2.95. The number of hydrogen-bond acceptors (Lipinski definition) is 3. The smallest absolute Gasteiger partial charge is 0.295 e. The molecule has 0 N–H and O–H groups in total. The first-order valence-corrected chi connectivity index (χ1v) is 6.38. The lowest BCUT2D eigenvalue weighted by molar-refractivity contribution is -0.785. The maximum atomic E-state index is 10.6. The Bertz CT molecular complexity index is 329. The van der Waals surface area contributed by atoms with Gasteiger partial charge in [0.15, 0.2) is 0 Å². The van der Waals surface area contributed by atoms with Gasteiger partial charge in [-0.1, -0.05) is 0 Å². The summed E-state index contributed by atoms with van der Waals surface area (Å²) in [4.78, 5) is 15.5. The van der Waals surface area contributed by atoms with Crippen molar-refractivity contribution in [2.45, 2.75) is 42.0 Å². The van der Waals surface area contributed by atoms with Crippen molar-refractivity contribution in [2.75, 3.05) is 0 Å². The highest BCUT2D eigenvalue weighted by Gasteiger charge is 2.62. The van der Waals surface area contributed by atoms with Gasteiger partial charge in [0.25, 0.3) is 5.09 Å². The minimum atomic E-state index is -0.694. The summed E-state index contributed by atoms with van der Waals surface area (Å²) in [6.07, 6.45) is 4.05. The topological polar surface area (TPSA) is 52.4 Å². The molecule has 0 aromatic heterocycles. The molecule has 4 rings (SSSR count). The first-order valence-electron chi connectivity index (χ1n) is 5.63. The monoisotopic (exact) mass is 265 g/mol. The Morgan fingerprint density at radius 3 is 2.25 bits per heavy atom. The second-order valence-electron chi connectivity index (χ2n) is 5.52. The van der Waals surface area contributed by atoms with Gasteiger partial charge < -0.3 is 4.84 Å². The molecule has 4 saturated carbocycles. The third-order valence-electron chi connectivity index (χ3n) is 4.49. The predicted molar refractivity (Wildman–Crippen MR) is 58.8 cm³/mol. The van der Waals surface area contributed by atoms with Gasteiger partial charge in [0.05, 0.1) is 0 Å². The lowest BCUT2D eigenvalue weighted by atomic mass is 9.54. The molecule has 0 amide bonds. The molecule has 0 heterocycles. The molecule has 2 unspecified atom stereocenters. The van der Waals surface area contributed by atoms with Crippen LogP contribution in [0.2, 0.25) is 0 Å². The summed E-state index contributed by atoms with van der Waals surface area (Å²) < 4.78 is -0.694. The van der Waals surface area contributed by atoms with Crippen LogP contribution in [0.25, 0.3) is 0 Å². The highest BCUT2D eigenvalue weighted by molar-refractivity contribution is 6.49. The van der Waals surface area contributed by atoms with E-state index in [4.69, 9.17) is 28.0 Å². The molecule has 6 heteroatoms. The summed E-state index contributed by atoms with van der Waals surface area (Å²) in [5, 5.41) is 9.91. The van der Waals surface area contributed by atoms with E-state index in [1.807, 2.05) is 0 Å². The van der Waals surface area contributed by atoms with Crippen LogP contribution in [0.1, 0.15) is 32.1 Å². The molecular weight excluding hydrogens is 253 g/mol. The van der Waals surface area contributed by atoms with Crippen molar-refractivity contribution in [1.29, 1.82) is 0 Å². The van der Waals surface area contributed by atoms with Crippen LogP contribution in [0.4, 0.5) is 0 Å². The largest absolute Gasteiger partial charge is 0.307 e. The van der Waals surface area contributed by atoms with E-state index >= 15 is 0 Å².